The number of aliphatic hydroxyl groups is 1. The number of benzene rings is 1. The smallest absolute Gasteiger partial charge is 0.115 e. The minimum Gasteiger partial charge on any atom is -0.387 e. The fraction of sp³-hybridized carbons (Fsp3) is 0.500. The van der Waals surface area contributed by atoms with E-state index in [4.69, 9.17) is 22.1 Å². The molecule has 0 saturated carbocycles. The van der Waals surface area contributed by atoms with Gasteiger partial charge in [-0.1, -0.05) is 12.1 Å². The second-order valence-corrected chi connectivity index (χ2v) is 5.02. The number of halogens is 1. The highest BCUT2D eigenvalue weighted by atomic mass is 35.5. The number of morpholine rings is 1. The molecular formula is C14H20ClN3O2. The Bertz CT molecular complexity index is 444. The van der Waals surface area contributed by atoms with E-state index in [1.807, 2.05) is 24.3 Å². The lowest BCUT2D eigenvalue weighted by molar-refractivity contribution is 0.0143. The van der Waals surface area contributed by atoms with Crippen LogP contribution in [0.3, 0.4) is 0 Å². The molecule has 0 aliphatic carbocycles. The van der Waals surface area contributed by atoms with E-state index in [0.29, 0.717) is 12.4 Å². The molecule has 0 radical (unpaired) electrons. The van der Waals surface area contributed by atoms with E-state index >= 15 is 0 Å². The fourth-order valence-electron chi connectivity index (χ4n) is 2.10. The largest absolute Gasteiger partial charge is 0.387 e. The molecule has 0 aromatic heterocycles. The Hall–Kier alpha value is -1.14. The lowest BCUT2D eigenvalue weighted by atomic mass is 10.1. The first kappa shape index (κ1) is 15.3. The molecule has 1 aliphatic heterocycles. The maximum atomic E-state index is 10.2. The summed E-state index contributed by atoms with van der Waals surface area (Å²) in [6.45, 7) is 3.82. The molecule has 1 fully saturated rings. The van der Waals surface area contributed by atoms with Gasteiger partial charge in [-0.05, 0) is 17.7 Å². The van der Waals surface area contributed by atoms with Gasteiger partial charge in [-0.2, -0.15) is 0 Å². The molecule has 1 aromatic carbocycles. The molecule has 5 nitrogen and oxygen atoms in total. The zero-order valence-electron chi connectivity index (χ0n) is 11.3. The van der Waals surface area contributed by atoms with Gasteiger partial charge in [0.25, 0.3) is 0 Å². The zero-order valence-corrected chi connectivity index (χ0v) is 12.1. The van der Waals surface area contributed by atoms with Crippen molar-refractivity contribution in [1.82, 2.24) is 4.90 Å². The van der Waals surface area contributed by atoms with Gasteiger partial charge in [-0.15, -0.1) is 11.6 Å². The quantitative estimate of drug-likeness (QED) is 0.488. The third-order valence-corrected chi connectivity index (χ3v) is 3.50. The molecule has 1 aromatic rings. The van der Waals surface area contributed by atoms with E-state index in [-0.39, 0.29) is 5.88 Å². The highest BCUT2D eigenvalue weighted by Crippen LogP contribution is 2.19. The van der Waals surface area contributed by atoms with Crippen molar-refractivity contribution in [3.8, 4) is 0 Å². The third kappa shape index (κ3) is 4.45. The summed E-state index contributed by atoms with van der Waals surface area (Å²) in [5, 5.41) is 10.2. The van der Waals surface area contributed by atoms with Crippen molar-refractivity contribution in [2.75, 3.05) is 38.7 Å². The van der Waals surface area contributed by atoms with Gasteiger partial charge in [-0.25, -0.2) is 4.99 Å². The molecule has 20 heavy (non-hydrogen) atoms. The van der Waals surface area contributed by atoms with Crippen LogP contribution in [0.4, 0.5) is 5.69 Å². The number of nitrogens with two attached hydrogens (primary N) is 1. The topological polar surface area (TPSA) is 71.1 Å². The Morgan fingerprint density at radius 3 is 2.60 bits per heavy atom. The lowest BCUT2D eigenvalue weighted by Crippen LogP contribution is -2.38. The number of alkyl halides is 1. The van der Waals surface area contributed by atoms with Crippen LogP contribution in [-0.2, 0) is 4.74 Å². The molecule has 1 unspecified atom stereocenters. The standard InChI is InChI=1S/C14H20ClN3O2/c15-9-14(16)17-12-3-1-11(2-4-12)13(19)10-18-5-7-20-8-6-18/h1-4,13,19H,5-10H2,(H2,16,17). The van der Waals surface area contributed by atoms with Crippen LogP contribution in [0, 0.1) is 0 Å². The van der Waals surface area contributed by atoms with Crippen molar-refractivity contribution < 1.29 is 9.84 Å². The number of hydrogen-bond donors (Lipinski definition) is 2. The molecule has 2 rings (SSSR count). The average molecular weight is 298 g/mol. The molecule has 6 heteroatoms. The van der Waals surface area contributed by atoms with Crippen LogP contribution in [0.15, 0.2) is 29.3 Å². The van der Waals surface area contributed by atoms with Crippen molar-refractivity contribution in [2.45, 2.75) is 6.10 Å². The normalized spacial score (nSPS) is 19.0. The van der Waals surface area contributed by atoms with Crippen molar-refractivity contribution in [3.63, 3.8) is 0 Å². The van der Waals surface area contributed by atoms with E-state index in [2.05, 4.69) is 9.89 Å². The van der Waals surface area contributed by atoms with Gasteiger partial charge in [0.15, 0.2) is 0 Å². The summed E-state index contributed by atoms with van der Waals surface area (Å²) >= 11 is 5.58. The van der Waals surface area contributed by atoms with Crippen LogP contribution < -0.4 is 5.73 Å². The van der Waals surface area contributed by atoms with Gasteiger partial charge in [0, 0.05) is 19.6 Å². The minimum atomic E-state index is -0.503. The Kier molecular flexibility index (Phi) is 5.79. The first-order valence-corrected chi connectivity index (χ1v) is 7.19. The summed E-state index contributed by atoms with van der Waals surface area (Å²) in [6.07, 6.45) is -0.503. The van der Waals surface area contributed by atoms with E-state index in [1.54, 1.807) is 0 Å². The van der Waals surface area contributed by atoms with Crippen molar-refractivity contribution >= 4 is 23.1 Å². The van der Waals surface area contributed by atoms with Crippen molar-refractivity contribution in [2.24, 2.45) is 10.7 Å². The maximum absolute atomic E-state index is 10.2. The minimum absolute atomic E-state index is 0.210. The molecule has 1 aliphatic rings. The highest BCUT2D eigenvalue weighted by Gasteiger charge is 2.16. The van der Waals surface area contributed by atoms with Crippen LogP contribution >= 0.6 is 11.6 Å². The summed E-state index contributed by atoms with van der Waals surface area (Å²) in [5.74, 6) is 0.592. The number of ether oxygens (including phenoxy) is 1. The Morgan fingerprint density at radius 2 is 2.00 bits per heavy atom. The first-order chi connectivity index (χ1) is 9.69. The summed E-state index contributed by atoms with van der Waals surface area (Å²) in [6, 6.07) is 7.39. The number of β-amino-alcohol motifs (C(OH)–C–C–N with tert-alkyl or cyclic N) is 1. The fourth-order valence-corrected chi connectivity index (χ4v) is 2.16. The number of hydrogen-bond acceptors (Lipinski definition) is 4. The third-order valence-electron chi connectivity index (χ3n) is 3.22. The number of aliphatic imine (C=N–C) groups is 1. The van der Waals surface area contributed by atoms with Crippen LogP contribution in [0.25, 0.3) is 0 Å². The van der Waals surface area contributed by atoms with Gasteiger partial charge >= 0.3 is 0 Å². The number of aliphatic hydroxyl groups excluding tert-OH is 1. The average Bonchev–Trinajstić information content (AvgIpc) is 2.49. The SMILES string of the molecule is NC(CCl)=Nc1ccc(C(O)CN2CCOCC2)cc1. The molecule has 110 valence electrons. The number of rotatable bonds is 5. The van der Waals surface area contributed by atoms with Gasteiger partial charge in [0.2, 0.25) is 0 Å². The Labute approximate surface area is 124 Å². The summed E-state index contributed by atoms with van der Waals surface area (Å²) < 4.78 is 5.29. The summed E-state index contributed by atoms with van der Waals surface area (Å²) in [5.41, 5.74) is 7.19. The van der Waals surface area contributed by atoms with Gasteiger partial charge in [0.1, 0.15) is 5.84 Å². The predicted molar refractivity (Wildman–Crippen MR) is 80.7 cm³/mol. The van der Waals surface area contributed by atoms with Crippen LogP contribution in [0.5, 0.6) is 0 Å². The molecule has 1 atom stereocenters. The van der Waals surface area contributed by atoms with E-state index in [1.165, 1.54) is 0 Å². The van der Waals surface area contributed by atoms with Gasteiger partial charge in [0.05, 0.1) is 30.9 Å². The van der Waals surface area contributed by atoms with Crippen LogP contribution in [0.1, 0.15) is 11.7 Å². The summed E-state index contributed by atoms with van der Waals surface area (Å²) in [4.78, 5) is 6.35. The van der Waals surface area contributed by atoms with Crippen LogP contribution in [-0.4, -0.2) is 54.6 Å². The molecule has 3 N–H and O–H groups in total. The molecule has 1 saturated heterocycles. The molecule has 0 amide bonds. The number of amidine groups is 1. The maximum Gasteiger partial charge on any atom is 0.115 e. The van der Waals surface area contributed by atoms with E-state index in [9.17, 15) is 5.11 Å². The molecule has 0 spiro atoms. The number of nitrogens with zero attached hydrogens (tertiary/aromatic N) is 2. The van der Waals surface area contributed by atoms with E-state index in [0.717, 1.165) is 37.6 Å². The predicted octanol–water partition coefficient (Wildman–Crippen LogP) is 1.28. The second kappa shape index (κ2) is 7.59. The molecule has 1 heterocycles. The van der Waals surface area contributed by atoms with Gasteiger partial charge in [-0.3, -0.25) is 4.90 Å². The summed E-state index contributed by atoms with van der Waals surface area (Å²) in [7, 11) is 0. The van der Waals surface area contributed by atoms with Crippen molar-refractivity contribution in [3.05, 3.63) is 29.8 Å². The Balaban J connectivity index is 1.94. The monoisotopic (exact) mass is 297 g/mol. The highest BCUT2D eigenvalue weighted by molar-refractivity contribution is 6.28. The Morgan fingerprint density at radius 1 is 1.35 bits per heavy atom. The van der Waals surface area contributed by atoms with Gasteiger partial charge < -0.3 is 15.6 Å². The zero-order chi connectivity index (χ0) is 14.4. The second-order valence-electron chi connectivity index (χ2n) is 4.76. The molecular weight excluding hydrogens is 278 g/mol. The van der Waals surface area contributed by atoms with Crippen molar-refractivity contribution in [1.29, 1.82) is 0 Å². The first-order valence-electron chi connectivity index (χ1n) is 6.66. The molecule has 0 bridgehead atoms. The van der Waals surface area contributed by atoms with Crippen LogP contribution in [0.2, 0.25) is 0 Å². The van der Waals surface area contributed by atoms with E-state index < -0.39 is 6.10 Å². The lowest BCUT2D eigenvalue weighted by Gasteiger charge is -2.28.